The summed E-state index contributed by atoms with van der Waals surface area (Å²) in [5.74, 6) is 1.99. The van der Waals surface area contributed by atoms with E-state index in [4.69, 9.17) is 0 Å². The maximum atomic E-state index is 4.09. The molecule has 10 heavy (non-hydrogen) atoms. The van der Waals surface area contributed by atoms with Gasteiger partial charge in [-0.1, -0.05) is 11.8 Å². The van der Waals surface area contributed by atoms with Crippen LogP contribution in [0.3, 0.4) is 0 Å². The molecule has 0 fully saturated rings. The number of aromatic nitrogens is 3. The second-order valence-corrected chi connectivity index (χ2v) is 3.25. The summed E-state index contributed by atoms with van der Waals surface area (Å²) in [6.45, 7) is 0. The minimum atomic E-state index is 0.891. The van der Waals surface area contributed by atoms with Gasteiger partial charge in [0.15, 0.2) is 5.16 Å². The van der Waals surface area contributed by atoms with Crippen molar-refractivity contribution in [3.05, 3.63) is 6.33 Å². The molecule has 1 N–H and O–H groups in total. The van der Waals surface area contributed by atoms with Gasteiger partial charge in [-0.3, -0.25) is 5.10 Å². The smallest absolute Gasteiger partial charge is 0.183 e. The predicted molar refractivity (Wildman–Crippen MR) is 45.6 cm³/mol. The lowest BCUT2D eigenvalue weighted by atomic mass is 10.6. The third-order valence-electron chi connectivity index (χ3n) is 0.934. The third-order valence-corrected chi connectivity index (χ3v) is 2.21. The van der Waals surface area contributed by atoms with Crippen LogP contribution in [0, 0.1) is 0 Å². The number of thioether (sulfide) groups is 1. The summed E-state index contributed by atoms with van der Waals surface area (Å²) in [4.78, 5) is 3.96. The van der Waals surface area contributed by atoms with Crippen LogP contribution in [0.4, 0.5) is 0 Å². The molecular weight excluding hydrogens is 166 g/mol. The highest BCUT2D eigenvalue weighted by atomic mass is 32.2. The molecule has 0 bridgehead atoms. The van der Waals surface area contributed by atoms with Crippen molar-refractivity contribution < 1.29 is 0 Å². The van der Waals surface area contributed by atoms with E-state index < -0.39 is 0 Å². The largest absolute Gasteiger partial charge is 0.254 e. The van der Waals surface area contributed by atoms with E-state index in [0.29, 0.717) is 0 Å². The lowest BCUT2D eigenvalue weighted by molar-refractivity contribution is 0.969. The van der Waals surface area contributed by atoms with Gasteiger partial charge in [0, 0.05) is 5.75 Å². The van der Waals surface area contributed by atoms with E-state index in [2.05, 4.69) is 27.8 Å². The van der Waals surface area contributed by atoms with Crippen molar-refractivity contribution >= 4 is 24.4 Å². The Hall–Kier alpha value is -0.160. The summed E-state index contributed by atoms with van der Waals surface area (Å²) in [5, 5.41) is 7.39. The first-order valence-corrected chi connectivity index (χ1v) is 4.64. The summed E-state index contributed by atoms with van der Waals surface area (Å²) in [6, 6.07) is 0. The van der Waals surface area contributed by atoms with E-state index in [1.807, 2.05) is 0 Å². The quantitative estimate of drug-likeness (QED) is 0.411. The molecule has 0 aliphatic heterocycles. The number of nitrogens with one attached hydrogen (secondary N) is 1. The van der Waals surface area contributed by atoms with Crippen molar-refractivity contribution in [2.45, 2.75) is 11.6 Å². The molecule has 3 nitrogen and oxygen atoms in total. The number of aromatic amines is 1. The topological polar surface area (TPSA) is 41.6 Å². The molecule has 1 heterocycles. The Balaban J connectivity index is 2.15. The Kier molecular flexibility index (Phi) is 3.67. The first-order valence-electron chi connectivity index (χ1n) is 3.02. The van der Waals surface area contributed by atoms with Crippen LogP contribution in [0.1, 0.15) is 6.42 Å². The standard InChI is InChI=1S/C5H9N3S2/c9-2-1-3-10-5-6-4-7-8-5/h4,9H,1-3H2,(H,6,7,8). The van der Waals surface area contributed by atoms with E-state index in [1.54, 1.807) is 11.8 Å². The average molecular weight is 175 g/mol. The Morgan fingerprint density at radius 3 is 3.20 bits per heavy atom. The highest BCUT2D eigenvalue weighted by Gasteiger charge is 1.93. The van der Waals surface area contributed by atoms with Gasteiger partial charge < -0.3 is 0 Å². The molecule has 1 rings (SSSR count). The molecule has 1 aromatic heterocycles. The van der Waals surface area contributed by atoms with Crippen LogP contribution in [0.15, 0.2) is 11.5 Å². The molecule has 56 valence electrons. The first-order chi connectivity index (χ1) is 4.93. The summed E-state index contributed by atoms with van der Waals surface area (Å²) in [5.41, 5.74) is 0. The highest BCUT2D eigenvalue weighted by molar-refractivity contribution is 7.99. The van der Waals surface area contributed by atoms with Gasteiger partial charge in [-0.2, -0.15) is 17.7 Å². The predicted octanol–water partition coefficient (Wildman–Crippen LogP) is 1.22. The van der Waals surface area contributed by atoms with Crippen LogP contribution >= 0.6 is 24.4 Å². The van der Waals surface area contributed by atoms with Gasteiger partial charge in [0.25, 0.3) is 0 Å². The van der Waals surface area contributed by atoms with Crippen molar-refractivity contribution in [1.82, 2.24) is 15.2 Å². The second-order valence-electron chi connectivity index (χ2n) is 1.72. The number of H-pyrrole nitrogens is 1. The van der Waals surface area contributed by atoms with Crippen LogP contribution in [0.2, 0.25) is 0 Å². The number of hydrogen-bond donors (Lipinski definition) is 2. The molecule has 0 saturated carbocycles. The molecule has 0 aliphatic rings. The van der Waals surface area contributed by atoms with Gasteiger partial charge in [0.2, 0.25) is 0 Å². The molecule has 0 radical (unpaired) electrons. The molecule has 0 atom stereocenters. The molecule has 0 amide bonds. The maximum absolute atomic E-state index is 4.09. The Morgan fingerprint density at radius 1 is 1.70 bits per heavy atom. The van der Waals surface area contributed by atoms with Gasteiger partial charge in [0.1, 0.15) is 6.33 Å². The van der Waals surface area contributed by atoms with Gasteiger partial charge in [0.05, 0.1) is 0 Å². The molecule has 1 aromatic rings. The number of nitrogens with zero attached hydrogens (tertiary/aromatic N) is 2. The molecular formula is C5H9N3S2. The van der Waals surface area contributed by atoms with E-state index >= 15 is 0 Å². The summed E-state index contributed by atoms with van der Waals surface area (Å²) >= 11 is 5.77. The third kappa shape index (κ3) is 2.62. The maximum Gasteiger partial charge on any atom is 0.183 e. The zero-order valence-electron chi connectivity index (χ0n) is 5.45. The Bertz CT molecular complexity index is 163. The van der Waals surface area contributed by atoms with Crippen molar-refractivity contribution in [3.8, 4) is 0 Å². The SMILES string of the molecule is SCCCSc1ncn[nH]1. The molecule has 0 saturated heterocycles. The molecule has 0 unspecified atom stereocenters. The van der Waals surface area contributed by atoms with Crippen LogP contribution < -0.4 is 0 Å². The van der Waals surface area contributed by atoms with Crippen LogP contribution in [0.5, 0.6) is 0 Å². The second kappa shape index (κ2) is 4.62. The van der Waals surface area contributed by atoms with Crippen LogP contribution in [-0.2, 0) is 0 Å². The zero-order chi connectivity index (χ0) is 7.23. The number of hydrogen-bond acceptors (Lipinski definition) is 4. The Labute approximate surface area is 69.4 Å². The van der Waals surface area contributed by atoms with Crippen molar-refractivity contribution in [1.29, 1.82) is 0 Å². The van der Waals surface area contributed by atoms with Gasteiger partial charge in [-0.15, -0.1) is 0 Å². The van der Waals surface area contributed by atoms with E-state index in [0.717, 1.165) is 23.1 Å². The normalized spacial score (nSPS) is 10.1. The van der Waals surface area contributed by atoms with Crippen molar-refractivity contribution in [2.24, 2.45) is 0 Å². The fraction of sp³-hybridized carbons (Fsp3) is 0.600. The lowest BCUT2D eigenvalue weighted by Gasteiger charge is -1.91. The molecule has 5 heteroatoms. The van der Waals surface area contributed by atoms with E-state index in [-0.39, 0.29) is 0 Å². The minimum Gasteiger partial charge on any atom is -0.254 e. The first kappa shape index (κ1) is 7.94. The molecule has 0 aromatic carbocycles. The fourth-order valence-corrected chi connectivity index (χ4v) is 1.59. The van der Waals surface area contributed by atoms with Gasteiger partial charge in [-0.05, 0) is 12.2 Å². The minimum absolute atomic E-state index is 0.891. The highest BCUT2D eigenvalue weighted by Crippen LogP contribution is 2.11. The zero-order valence-corrected chi connectivity index (χ0v) is 7.16. The fourth-order valence-electron chi connectivity index (χ4n) is 0.497. The lowest BCUT2D eigenvalue weighted by Crippen LogP contribution is -1.82. The van der Waals surface area contributed by atoms with E-state index in [1.165, 1.54) is 6.33 Å². The van der Waals surface area contributed by atoms with Gasteiger partial charge in [-0.25, -0.2) is 4.98 Å². The van der Waals surface area contributed by atoms with Crippen LogP contribution in [0.25, 0.3) is 0 Å². The average Bonchev–Trinajstić information content (AvgIpc) is 2.41. The number of rotatable bonds is 4. The van der Waals surface area contributed by atoms with Gasteiger partial charge >= 0.3 is 0 Å². The summed E-state index contributed by atoms with van der Waals surface area (Å²) in [7, 11) is 0. The molecule has 0 spiro atoms. The van der Waals surface area contributed by atoms with Crippen molar-refractivity contribution in [2.75, 3.05) is 11.5 Å². The van der Waals surface area contributed by atoms with E-state index in [9.17, 15) is 0 Å². The molecule has 0 aliphatic carbocycles. The Morgan fingerprint density at radius 2 is 2.60 bits per heavy atom. The summed E-state index contributed by atoms with van der Waals surface area (Å²) in [6.07, 6.45) is 2.62. The number of thiol groups is 1. The monoisotopic (exact) mass is 175 g/mol. The van der Waals surface area contributed by atoms with Crippen molar-refractivity contribution in [3.63, 3.8) is 0 Å². The summed E-state index contributed by atoms with van der Waals surface area (Å²) < 4.78 is 0. The van der Waals surface area contributed by atoms with Crippen LogP contribution in [-0.4, -0.2) is 26.7 Å².